The molecule has 4 nitrogen and oxygen atoms in total. The maximum Gasteiger partial charge on any atom is 0.217 e. The van der Waals surface area contributed by atoms with Crippen molar-refractivity contribution in [3.63, 3.8) is 0 Å². The lowest BCUT2D eigenvalue weighted by molar-refractivity contribution is -0.120. The van der Waals surface area contributed by atoms with Crippen LogP contribution in [0.15, 0.2) is 18.2 Å². The Balaban J connectivity index is 2.13. The zero-order chi connectivity index (χ0) is 12.4. The van der Waals surface area contributed by atoms with Gasteiger partial charge in [0.05, 0.1) is 13.2 Å². The predicted octanol–water partition coefficient (Wildman–Crippen LogP) is 1.52. The lowest BCUT2D eigenvalue weighted by Crippen LogP contribution is -2.42. The van der Waals surface area contributed by atoms with Gasteiger partial charge in [-0.1, -0.05) is 12.1 Å². The van der Waals surface area contributed by atoms with Gasteiger partial charge in [0, 0.05) is 18.9 Å². The topological polar surface area (TPSA) is 47.6 Å². The number of nitrogens with one attached hydrogen (secondary N) is 1. The molecule has 2 atom stereocenters. The molecule has 1 amide bonds. The van der Waals surface area contributed by atoms with Crippen molar-refractivity contribution in [1.82, 2.24) is 5.32 Å². The van der Waals surface area contributed by atoms with Gasteiger partial charge in [0.2, 0.25) is 5.91 Å². The number of ether oxygens (including phenoxy) is 2. The second-order valence-electron chi connectivity index (χ2n) is 4.30. The zero-order valence-electron chi connectivity index (χ0n) is 10.3. The first-order valence-corrected chi connectivity index (χ1v) is 5.71. The number of methoxy groups -OCH3 is 1. The molecule has 0 aliphatic carbocycles. The van der Waals surface area contributed by atoms with Crippen LogP contribution in [0.3, 0.4) is 0 Å². The first kappa shape index (κ1) is 11.8. The molecule has 4 heteroatoms. The Hall–Kier alpha value is -1.71. The molecule has 1 aliphatic heterocycles. The van der Waals surface area contributed by atoms with Gasteiger partial charge in [-0.25, -0.2) is 0 Å². The molecule has 1 aromatic carbocycles. The molecule has 1 heterocycles. The van der Waals surface area contributed by atoms with Crippen LogP contribution in [0.2, 0.25) is 0 Å². The molecule has 2 rings (SSSR count). The molecule has 2 unspecified atom stereocenters. The molecule has 0 bridgehead atoms. The summed E-state index contributed by atoms with van der Waals surface area (Å²) in [6.07, 6.45) is 0.777. The van der Waals surface area contributed by atoms with E-state index in [1.807, 2.05) is 25.1 Å². The van der Waals surface area contributed by atoms with Gasteiger partial charge in [0.25, 0.3) is 0 Å². The van der Waals surface area contributed by atoms with Crippen molar-refractivity contribution in [2.75, 3.05) is 7.11 Å². The summed E-state index contributed by atoms with van der Waals surface area (Å²) in [5.74, 6) is 1.52. The van der Waals surface area contributed by atoms with Gasteiger partial charge in [-0.2, -0.15) is 0 Å². The second kappa shape index (κ2) is 4.65. The maximum absolute atomic E-state index is 11.0. The first-order chi connectivity index (χ1) is 8.11. The van der Waals surface area contributed by atoms with Crippen LogP contribution in [0.5, 0.6) is 11.5 Å². The minimum absolute atomic E-state index is 0.00962. The van der Waals surface area contributed by atoms with E-state index in [1.165, 1.54) is 6.92 Å². The highest BCUT2D eigenvalue weighted by Crippen LogP contribution is 2.38. The molecule has 0 saturated carbocycles. The van der Waals surface area contributed by atoms with Crippen molar-refractivity contribution in [3.8, 4) is 11.5 Å². The zero-order valence-corrected chi connectivity index (χ0v) is 10.3. The molecule has 1 aliphatic rings. The molecule has 0 saturated heterocycles. The Labute approximate surface area is 101 Å². The highest BCUT2D eigenvalue weighted by atomic mass is 16.5. The lowest BCUT2D eigenvalue weighted by Gasteiger charge is -2.19. The number of hydrogen-bond acceptors (Lipinski definition) is 3. The Morgan fingerprint density at radius 2 is 2.35 bits per heavy atom. The van der Waals surface area contributed by atoms with Crippen molar-refractivity contribution in [2.24, 2.45) is 0 Å². The Kier molecular flexibility index (Phi) is 3.22. The average molecular weight is 235 g/mol. The summed E-state index contributed by atoms with van der Waals surface area (Å²) in [5, 5.41) is 2.85. The molecule has 0 fully saturated rings. The highest BCUT2D eigenvalue weighted by Gasteiger charge is 2.30. The van der Waals surface area contributed by atoms with E-state index in [0.717, 1.165) is 23.5 Å². The third kappa shape index (κ3) is 2.35. The van der Waals surface area contributed by atoms with E-state index >= 15 is 0 Å². The minimum Gasteiger partial charge on any atom is -0.493 e. The second-order valence-corrected chi connectivity index (χ2v) is 4.30. The molecule has 0 aromatic heterocycles. The predicted molar refractivity (Wildman–Crippen MR) is 64.4 cm³/mol. The van der Waals surface area contributed by atoms with E-state index < -0.39 is 0 Å². The fourth-order valence-corrected chi connectivity index (χ4v) is 2.12. The summed E-state index contributed by atoms with van der Waals surface area (Å²) >= 11 is 0. The van der Waals surface area contributed by atoms with E-state index in [0.29, 0.717) is 0 Å². The fourth-order valence-electron chi connectivity index (χ4n) is 2.12. The fraction of sp³-hybridized carbons (Fsp3) is 0.462. The normalized spacial score (nSPS) is 19.1. The van der Waals surface area contributed by atoms with Crippen molar-refractivity contribution in [2.45, 2.75) is 32.4 Å². The van der Waals surface area contributed by atoms with E-state index in [2.05, 4.69) is 5.32 Å². The lowest BCUT2D eigenvalue weighted by atomic mass is 10.1. The number of hydrogen-bond donors (Lipinski definition) is 1. The van der Waals surface area contributed by atoms with Crippen molar-refractivity contribution in [1.29, 1.82) is 0 Å². The summed E-state index contributed by atoms with van der Waals surface area (Å²) < 4.78 is 11.1. The molecule has 1 aromatic rings. The maximum atomic E-state index is 11.0. The number of carbonyl (C=O) groups excluding carboxylic acids is 1. The SMILES string of the molecule is COc1cccc2c1OC(C(C)NC(C)=O)C2. The molecular formula is C13H17NO3. The van der Waals surface area contributed by atoms with Gasteiger partial charge in [0.15, 0.2) is 11.5 Å². The number of amides is 1. The van der Waals surface area contributed by atoms with E-state index in [9.17, 15) is 4.79 Å². The van der Waals surface area contributed by atoms with E-state index in [4.69, 9.17) is 9.47 Å². The summed E-state index contributed by atoms with van der Waals surface area (Å²) in [5.41, 5.74) is 1.13. The molecule has 17 heavy (non-hydrogen) atoms. The van der Waals surface area contributed by atoms with E-state index in [-0.39, 0.29) is 18.1 Å². The number of carbonyl (C=O) groups is 1. The first-order valence-electron chi connectivity index (χ1n) is 5.71. The molecular weight excluding hydrogens is 218 g/mol. The van der Waals surface area contributed by atoms with Gasteiger partial charge in [-0.05, 0) is 13.0 Å². The smallest absolute Gasteiger partial charge is 0.217 e. The van der Waals surface area contributed by atoms with Crippen molar-refractivity contribution >= 4 is 5.91 Å². The average Bonchev–Trinajstić information content (AvgIpc) is 2.71. The van der Waals surface area contributed by atoms with Crippen LogP contribution < -0.4 is 14.8 Å². The summed E-state index contributed by atoms with van der Waals surface area (Å²) in [6.45, 7) is 3.46. The Bertz CT molecular complexity index is 431. The van der Waals surface area contributed by atoms with Gasteiger partial charge in [0.1, 0.15) is 6.10 Å². The van der Waals surface area contributed by atoms with Gasteiger partial charge < -0.3 is 14.8 Å². The van der Waals surface area contributed by atoms with Gasteiger partial charge in [-0.3, -0.25) is 4.79 Å². The van der Waals surface area contributed by atoms with Crippen molar-refractivity contribution < 1.29 is 14.3 Å². The van der Waals surface area contributed by atoms with Crippen LogP contribution in [0.25, 0.3) is 0 Å². The van der Waals surface area contributed by atoms with Gasteiger partial charge >= 0.3 is 0 Å². The van der Waals surface area contributed by atoms with Crippen LogP contribution in [-0.4, -0.2) is 25.2 Å². The summed E-state index contributed by atoms with van der Waals surface area (Å²) in [7, 11) is 1.63. The van der Waals surface area contributed by atoms with Crippen LogP contribution in [0.4, 0.5) is 0 Å². The number of benzene rings is 1. The van der Waals surface area contributed by atoms with Crippen molar-refractivity contribution in [3.05, 3.63) is 23.8 Å². The molecule has 92 valence electrons. The quantitative estimate of drug-likeness (QED) is 0.864. The highest BCUT2D eigenvalue weighted by molar-refractivity contribution is 5.73. The van der Waals surface area contributed by atoms with Gasteiger partial charge in [-0.15, -0.1) is 0 Å². The third-order valence-corrected chi connectivity index (χ3v) is 2.96. The molecule has 0 spiro atoms. The number of para-hydroxylation sites is 1. The molecule has 1 N–H and O–H groups in total. The Morgan fingerprint density at radius 3 is 3.00 bits per heavy atom. The van der Waals surface area contributed by atoms with Crippen LogP contribution in [0.1, 0.15) is 19.4 Å². The monoisotopic (exact) mass is 235 g/mol. The third-order valence-electron chi connectivity index (χ3n) is 2.96. The molecule has 0 radical (unpaired) electrons. The minimum atomic E-state index is -0.0379. The summed E-state index contributed by atoms with van der Waals surface area (Å²) in [4.78, 5) is 11.0. The van der Waals surface area contributed by atoms with E-state index in [1.54, 1.807) is 7.11 Å². The Morgan fingerprint density at radius 1 is 1.59 bits per heavy atom. The van der Waals surface area contributed by atoms with Crippen LogP contribution >= 0.6 is 0 Å². The summed E-state index contributed by atoms with van der Waals surface area (Å²) in [6, 6.07) is 5.85. The van der Waals surface area contributed by atoms with Crippen LogP contribution in [-0.2, 0) is 11.2 Å². The number of rotatable bonds is 3. The standard InChI is InChI=1S/C13H17NO3/c1-8(14-9(2)15)12-7-10-5-4-6-11(16-3)13(10)17-12/h4-6,8,12H,7H2,1-3H3,(H,14,15). The van der Waals surface area contributed by atoms with Crippen LogP contribution in [0, 0.1) is 0 Å². The number of fused-ring (bicyclic) bond motifs is 1. The largest absolute Gasteiger partial charge is 0.493 e.